The molecule has 0 radical (unpaired) electrons. The van der Waals surface area contributed by atoms with Gasteiger partial charge in [0.15, 0.2) is 5.69 Å². The largest absolute Gasteiger partial charge is 0.444 e. The van der Waals surface area contributed by atoms with Gasteiger partial charge < -0.3 is 9.64 Å². The van der Waals surface area contributed by atoms with Crippen LogP contribution in [-0.4, -0.2) is 86.0 Å². The molecule has 284 valence electrons. The minimum atomic E-state index is -3.09. The molecule has 4 heterocycles. The summed E-state index contributed by atoms with van der Waals surface area (Å²) in [5, 5.41) is 8.75. The first-order chi connectivity index (χ1) is 24.4. The van der Waals surface area contributed by atoms with Crippen LogP contribution in [0.2, 0.25) is 0 Å². The molecule has 17 heteroatoms. The van der Waals surface area contributed by atoms with Gasteiger partial charge in [-0.05, 0) is 84.4 Å². The van der Waals surface area contributed by atoms with Crippen molar-refractivity contribution in [2.24, 2.45) is 13.0 Å². The molecule has 52 heavy (non-hydrogen) atoms. The van der Waals surface area contributed by atoms with E-state index in [1.54, 1.807) is 62.9 Å². The van der Waals surface area contributed by atoms with Gasteiger partial charge in [-0.3, -0.25) is 38.9 Å². The van der Waals surface area contributed by atoms with Gasteiger partial charge in [-0.1, -0.05) is 6.07 Å². The first-order valence-electron chi connectivity index (χ1n) is 17.7. The van der Waals surface area contributed by atoms with E-state index in [0.29, 0.717) is 55.5 Å². The van der Waals surface area contributed by atoms with Crippen molar-refractivity contribution in [3.8, 4) is 0 Å². The van der Waals surface area contributed by atoms with Crippen molar-refractivity contribution in [3.63, 3.8) is 0 Å². The normalized spacial score (nSPS) is 24.1. The number of imidazole rings is 1. The molecule has 3 aromatic rings. The summed E-state index contributed by atoms with van der Waals surface area (Å²) in [4.78, 5) is 53.3. The van der Waals surface area contributed by atoms with E-state index < -0.39 is 65.9 Å². The van der Waals surface area contributed by atoms with E-state index in [-0.39, 0.29) is 36.9 Å². The number of amides is 3. The summed E-state index contributed by atoms with van der Waals surface area (Å²) in [5.41, 5.74) is -0.553. The third-order valence-corrected chi connectivity index (χ3v) is 10.4. The van der Waals surface area contributed by atoms with Crippen molar-refractivity contribution in [2.75, 3.05) is 36.9 Å². The van der Waals surface area contributed by atoms with Gasteiger partial charge in [0.25, 0.3) is 12.3 Å². The highest BCUT2D eigenvalue weighted by molar-refractivity contribution is 6.00. The van der Waals surface area contributed by atoms with Crippen LogP contribution in [0.25, 0.3) is 11.0 Å². The smallest absolute Gasteiger partial charge is 0.412 e. The third kappa shape index (κ3) is 7.55. The molecule has 0 bridgehead atoms. The number of nitrogens with one attached hydrogen (secondary N) is 2. The highest BCUT2D eigenvalue weighted by atomic mass is 19.3. The van der Waals surface area contributed by atoms with E-state index in [1.807, 2.05) is 0 Å². The molecule has 6 rings (SSSR count). The number of carbonyl (C=O) groups excluding carboxylic acids is 3. The standard InChI is InChI=1S/C35H46F4N8O5/c1-34(2,3)52-32(50)40-22-18-46(42-28(22)30(36)37)21-11-9-20(10-12-21)17-43(4)26-15-16-45(19-35(26,38)39)23-7-6-8-24-29(23)44(5)33(51)47(24)25-13-14-27(48)41-31(25)49/h6-8,18,20-21,25-26,30H,9-17,19H2,1-5H3,(H,40,50)(H,41,48,49). The Morgan fingerprint density at radius 1 is 1.12 bits per heavy atom. The number of halogens is 4. The van der Waals surface area contributed by atoms with Crippen LogP contribution in [0.4, 0.5) is 33.7 Å². The number of imide groups is 1. The predicted octanol–water partition coefficient (Wildman–Crippen LogP) is 5.38. The van der Waals surface area contributed by atoms with Crippen molar-refractivity contribution < 1.29 is 36.7 Å². The number of hydrogen-bond acceptors (Lipinski definition) is 8. The van der Waals surface area contributed by atoms with Crippen LogP contribution in [0.3, 0.4) is 0 Å². The number of hydrogen-bond donors (Lipinski definition) is 2. The zero-order valence-corrected chi connectivity index (χ0v) is 30.0. The van der Waals surface area contributed by atoms with Crippen LogP contribution >= 0.6 is 0 Å². The summed E-state index contributed by atoms with van der Waals surface area (Å²) in [7, 11) is 3.26. The molecule has 1 aliphatic carbocycles. The number of anilines is 2. The van der Waals surface area contributed by atoms with Crippen LogP contribution in [-0.2, 0) is 21.4 Å². The fraction of sp³-hybridized carbons (Fsp3) is 0.629. The van der Waals surface area contributed by atoms with Gasteiger partial charge >= 0.3 is 11.8 Å². The summed E-state index contributed by atoms with van der Waals surface area (Å²) >= 11 is 0. The summed E-state index contributed by atoms with van der Waals surface area (Å²) in [5.74, 6) is -3.93. The zero-order chi connectivity index (χ0) is 37.7. The maximum Gasteiger partial charge on any atom is 0.412 e. The Labute approximate surface area is 298 Å². The molecule has 2 unspecified atom stereocenters. The third-order valence-electron chi connectivity index (χ3n) is 10.4. The molecule has 2 atom stereocenters. The first-order valence-corrected chi connectivity index (χ1v) is 17.7. The van der Waals surface area contributed by atoms with E-state index in [9.17, 15) is 28.0 Å². The number of aryl methyl sites for hydroxylation is 1. The van der Waals surface area contributed by atoms with Crippen LogP contribution in [0.5, 0.6) is 0 Å². The zero-order valence-electron chi connectivity index (χ0n) is 30.0. The van der Waals surface area contributed by atoms with E-state index in [1.165, 1.54) is 20.0 Å². The number of rotatable bonds is 8. The summed E-state index contributed by atoms with van der Waals surface area (Å²) in [6, 6.07) is 2.99. The molecule has 1 aromatic carbocycles. The lowest BCUT2D eigenvalue weighted by Gasteiger charge is -2.44. The van der Waals surface area contributed by atoms with E-state index in [0.717, 1.165) is 0 Å². The number of ether oxygens (including phenoxy) is 1. The van der Waals surface area contributed by atoms with Crippen LogP contribution in [0.15, 0.2) is 29.2 Å². The van der Waals surface area contributed by atoms with Gasteiger partial charge in [-0.15, -0.1) is 0 Å². The highest BCUT2D eigenvalue weighted by Crippen LogP contribution is 2.39. The Balaban J connectivity index is 1.09. The lowest BCUT2D eigenvalue weighted by Crippen LogP contribution is -2.58. The summed E-state index contributed by atoms with van der Waals surface area (Å²) in [6.45, 7) is 5.21. The quantitative estimate of drug-likeness (QED) is 0.233. The summed E-state index contributed by atoms with van der Waals surface area (Å²) in [6.07, 6.45) is 0.704. The van der Waals surface area contributed by atoms with Crippen molar-refractivity contribution >= 4 is 40.3 Å². The molecule has 2 aromatic heterocycles. The highest BCUT2D eigenvalue weighted by Gasteiger charge is 2.47. The van der Waals surface area contributed by atoms with Crippen molar-refractivity contribution in [1.82, 2.24) is 29.1 Å². The molecule has 3 aliphatic rings. The molecule has 0 spiro atoms. The van der Waals surface area contributed by atoms with Crippen molar-refractivity contribution in [2.45, 2.75) is 102 Å². The first kappa shape index (κ1) is 37.4. The van der Waals surface area contributed by atoms with Gasteiger partial charge in [0.1, 0.15) is 11.6 Å². The number of fused-ring (bicyclic) bond motifs is 1. The Bertz CT molecular complexity index is 1890. The molecule has 13 nitrogen and oxygen atoms in total. The number of carbonyl (C=O) groups is 3. The van der Waals surface area contributed by atoms with Gasteiger partial charge in [-0.2, -0.15) is 5.10 Å². The molecule has 2 aliphatic heterocycles. The lowest BCUT2D eigenvalue weighted by atomic mass is 9.85. The molecule has 1 saturated carbocycles. The Hall–Kier alpha value is -4.41. The van der Waals surface area contributed by atoms with Gasteiger partial charge in [0.05, 0.1) is 41.0 Å². The minimum Gasteiger partial charge on any atom is -0.444 e. The number of alkyl halides is 4. The lowest BCUT2D eigenvalue weighted by molar-refractivity contribution is -0.135. The number of nitrogens with zero attached hydrogens (tertiary/aromatic N) is 6. The average Bonchev–Trinajstić information content (AvgIpc) is 3.58. The maximum absolute atomic E-state index is 16.0. The number of para-hydroxylation sites is 1. The second kappa shape index (κ2) is 14.2. The van der Waals surface area contributed by atoms with Crippen LogP contribution in [0.1, 0.15) is 89.9 Å². The number of piperidine rings is 2. The van der Waals surface area contributed by atoms with E-state index >= 15 is 8.78 Å². The van der Waals surface area contributed by atoms with Crippen LogP contribution in [0, 0.1) is 5.92 Å². The average molecular weight is 735 g/mol. The fourth-order valence-electron chi connectivity index (χ4n) is 7.97. The van der Waals surface area contributed by atoms with Crippen molar-refractivity contribution in [3.05, 3.63) is 40.6 Å². The Morgan fingerprint density at radius 2 is 1.83 bits per heavy atom. The molecule has 2 N–H and O–H groups in total. The molecular formula is C35H46F4N8O5. The Morgan fingerprint density at radius 3 is 2.46 bits per heavy atom. The molecule has 3 fully saturated rings. The number of aromatic nitrogens is 4. The topological polar surface area (TPSA) is 136 Å². The maximum atomic E-state index is 16.0. The number of benzene rings is 1. The van der Waals surface area contributed by atoms with Crippen molar-refractivity contribution in [1.29, 1.82) is 0 Å². The van der Waals surface area contributed by atoms with Gasteiger partial charge in [-0.25, -0.2) is 27.2 Å². The van der Waals surface area contributed by atoms with Gasteiger partial charge in [0.2, 0.25) is 11.8 Å². The molecule has 2 saturated heterocycles. The van der Waals surface area contributed by atoms with E-state index in [4.69, 9.17) is 4.74 Å². The van der Waals surface area contributed by atoms with Gasteiger partial charge in [0, 0.05) is 32.8 Å². The SMILES string of the molecule is CN(CC1CCC(n2cc(NC(=O)OC(C)(C)C)c(C(F)F)n2)CC1)C1CCN(c2cccc3c2n(C)c(=O)n3C2CCC(=O)NC2=O)CC1(F)F. The monoisotopic (exact) mass is 734 g/mol. The Kier molecular flexibility index (Phi) is 10.2. The fourth-order valence-corrected chi connectivity index (χ4v) is 7.97. The summed E-state index contributed by atoms with van der Waals surface area (Å²) < 4.78 is 68.9. The van der Waals surface area contributed by atoms with Crippen LogP contribution < -0.4 is 21.2 Å². The second-order valence-electron chi connectivity index (χ2n) is 15.3. The molecule has 3 amide bonds. The molecular weight excluding hydrogens is 688 g/mol. The minimum absolute atomic E-state index is 0.0933. The van der Waals surface area contributed by atoms with E-state index in [2.05, 4.69) is 15.7 Å². The second-order valence-corrected chi connectivity index (χ2v) is 15.3. The predicted molar refractivity (Wildman–Crippen MR) is 185 cm³/mol.